The first-order valence-corrected chi connectivity index (χ1v) is 6.39. The van der Waals surface area contributed by atoms with Crippen molar-refractivity contribution in [1.82, 2.24) is 10.3 Å². The number of nitrogens with one attached hydrogen (secondary N) is 1. The number of esters is 1. The Hall–Kier alpha value is -2.14. The molecule has 2 aromatic rings. The number of pyridine rings is 1. The standard InChI is InChI=1S/C15H18N2O3/c1-10-4-5-16-7-12(10)8-17-9-13-6-14(11(2)20-13)15(18)19-3/h4-7,17H,8-9H2,1-3H3. The van der Waals surface area contributed by atoms with E-state index in [0.717, 1.165) is 5.56 Å². The third-order valence-electron chi connectivity index (χ3n) is 3.14. The van der Waals surface area contributed by atoms with Gasteiger partial charge in [-0.1, -0.05) is 0 Å². The molecule has 0 aliphatic carbocycles. The number of hydrogen-bond donors (Lipinski definition) is 1. The van der Waals surface area contributed by atoms with Gasteiger partial charge in [0.2, 0.25) is 0 Å². The highest BCUT2D eigenvalue weighted by atomic mass is 16.5. The third-order valence-corrected chi connectivity index (χ3v) is 3.14. The largest absolute Gasteiger partial charge is 0.465 e. The Labute approximate surface area is 118 Å². The summed E-state index contributed by atoms with van der Waals surface area (Å²) in [5, 5.41) is 3.27. The first kappa shape index (κ1) is 14.3. The third kappa shape index (κ3) is 3.24. The summed E-state index contributed by atoms with van der Waals surface area (Å²) >= 11 is 0. The summed E-state index contributed by atoms with van der Waals surface area (Å²) in [5.74, 6) is 0.913. The van der Waals surface area contributed by atoms with Crippen LogP contribution in [-0.4, -0.2) is 18.1 Å². The SMILES string of the molecule is COC(=O)c1cc(CNCc2cnccc2C)oc1C. The van der Waals surface area contributed by atoms with Gasteiger partial charge in [0, 0.05) is 18.9 Å². The lowest BCUT2D eigenvalue weighted by molar-refractivity contribution is 0.0599. The normalized spacial score (nSPS) is 10.6. The van der Waals surface area contributed by atoms with Crippen LogP contribution in [0.25, 0.3) is 0 Å². The van der Waals surface area contributed by atoms with E-state index in [0.29, 0.717) is 30.2 Å². The first-order valence-electron chi connectivity index (χ1n) is 6.39. The van der Waals surface area contributed by atoms with Crippen molar-refractivity contribution >= 4 is 5.97 Å². The molecule has 0 aliphatic heterocycles. The van der Waals surface area contributed by atoms with Crippen LogP contribution in [0.2, 0.25) is 0 Å². The highest BCUT2D eigenvalue weighted by molar-refractivity contribution is 5.90. The molecule has 5 nitrogen and oxygen atoms in total. The zero-order valence-corrected chi connectivity index (χ0v) is 11.9. The van der Waals surface area contributed by atoms with Gasteiger partial charge in [-0.2, -0.15) is 0 Å². The molecule has 5 heteroatoms. The van der Waals surface area contributed by atoms with Gasteiger partial charge in [-0.15, -0.1) is 0 Å². The van der Waals surface area contributed by atoms with Gasteiger partial charge >= 0.3 is 5.97 Å². The molecule has 106 valence electrons. The minimum absolute atomic E-state index is 0.374. The molecule has 20 heavy (non-hydrogen) atoms. The van der Waals surface area contributed by atoms with Crippen LogP contribution in [0, 0.1) is 13.8 Å². The fourth-order valence-electron chi connectivity index (χ4n) is 1.95. The predicted molar refractivity (Wildman–Crippen MR) is 74.3 cm³/mol. The van der Waals surface area contributed by atoms with Crippen molar-refractivity contribution in [3.63, 3.8) is 0 Å². The van der Waals surface area contributed by atoms with Crippen molar-refractivity contribution in [3.8, 4) is 0 Å². The van der Waals surface area contributed by atoms with Gasteiger partial charge < -0.3 is 14.5 Å². The van der Waals surface area contributed by atoms with E-state index >= 15 is 0 Å². The number of furan rings is 1. The number of rotatable bonds is 5. The van der Waals surface area contributed by atoms with Gasteiger partial charge in [0.15, 0.2) is 0 Å². The molecular formula is C15H18N2O3. The molecule has 2 rings (SSSR count). The fourth-order valence-corrected chi connectivity index (χ4v) is 1.95. The molecule has 0 unspecified atom stereocenters. The smallest absolute Gasteiger partial charge is 0.341 e. The average molecular weight is 274 g/mol. The van der Waals surface area contributed by atoms with E-state index in [-0.39, 0.29) is 5.97 Å². The maximum Gasteiger partial charge on any atom is 0.341 e. The zero-order valence-electron chi connectivity index (χ0n) is 11.9. The fraction of sp³-hybridized carbons (Fsp3) is 0.333. The topological polar surface area (TPSA) is 64.4 Å². The van der Waals surface area contributed by atoms with Crippen molar-refractivity contribution in [2.24, 2.45) is 0 Å². The molecule has 1 N–H and O–H groups in total. The van der Waals surface area contributed by atoms with Gasteiger partial charge in [-0.05, 0) is 37.1 Å². The van der Waals surface area contributed by atoms with E-state index in [4.69, 9.17) is 9.15 Å². The van der Waals surface area contributed by atoms with Crippen molar-refractivity contribution < 1.29 is 13.9 Å². The average Bonchev–Trinajstić information content (AvgIpc) is 2.81. The van der Waals surface area contributed by atoms with Crippen molar-refractivity contribution in [3.05, 3.63) is 52.7 Å². The van der Waals surface area contributed by atoms with Gasteiger partial charge in [0.25, 0.3) is 0 Å². The molecule has 2 aromatic heterocycles. The first-order chi connectivity index (χ1) is 9.61. The van der Waals surface area contributed by atoms with Crippen molar-refractivity contribution in [2.75, 3.05) is 7.11 Å². The van der Waals surface area contributed by atoms with Crippen LogP contribution in [0.3, 0.4) is 0 Å². The summed E-state index contributed by atoms with van der Waals surface area (Å²) in [6, 6.07) is 3.69. The maximum absolute atomic E-state index is 11.5. The van der Waals surface area contributed by atoms with Gasteiger partial charge in [-0.25, -0.2) is 4.79 Å². The quantitative estimate of drug-likeness (QED) is 0.848. The number of carbonyl (C=O) groups excluding carboxylic acids is 1. The van der Waals surface area contributed by atoms with Crippen LogP contribution in [0.1, 0.15) is 33.0 Å². The minimum Gasteiger partial charge on any atom is -0.465 e. The number of ether oxygens (including phenoxy) is 1. The van der Waals surface area contributed by atoms with E-state index in [1.165, 1.54) is 12.7 Å². The monoisotopic (exact) mass is 274 g/mol. The van der Waals surface area contributed by atoms with E-state index in [1.54, 1.807) is 19.2 Å². The van der Waals surface area contributed by atoms with Crippen LogP contribution in [0.4, 0.5) is 0 Å². The second-order valence-corrected chi connectivity index (χ2v) is 4.58. The lowest BCUT2D eigenvalue weighted by atomic mass is 10.1. The zero-order chi connectivity index (χ0) is 14.5. The van der Waals surface area contributed by atoms with Crippen LogP contribution in [-0.2, 0) is 17.8 Å². The van der Waals surface area contributed by atoms with Crippen LogP contribution in [0.5, 0.6) is 0 Å². The maximum atomic E-state index is 11.5. The number of aromatic nitrogens is 1. The predicted octanol–water partition coefficient (Wildman–Crippen LogP) is 2.37. The lowest BCUT2D eigenvalue weighted by Crippen LogP contribution is -2.13. The van der Waals surface area contributed by atoms with Crippen LogP contribution >= 0.6 is 0 Å². The molecule has 0 spiro atoms. The number of aryl methyl sites for hydroxylation is 2. The summed E-state index contributed by atoms with van der Waals surface area (Å²) in [7, 11) is 1.36. The Bertz CT molecular complexity index is 605. The summed E-state index contributed by atoms with van der Waals surface area (Å²) in [6.45, 7) is 5.05. The van der Waals surface area contributed by atoms with Crippen LogP contribution in [0.15, 0.2) is 28.9 Å². The summed E-state index contributed by atoms with van der Waals surface area (Å²) in [4.78, 5) is 15.6. The van der Waals surface area contributed by atoms with E-state index < -0.39 is 0 Å². The van der Waals surface area contributed by atoms with E-state index in [2.05, 4.69) is 10.3 Å². The summed E-state index contributed by atoms with van der Waals surface area (Å²) < 4.78 is 10.2. The van der Waals surface area contributed by atoms with Crippen molar-refractivity contribution in [2.45, 2.75) is 26.9 Å². The number of methoxy groups -OCH3 is 1. The highest BCUT2D eigenvalue weighted by Gasteiger charge is 2.14. The number of nitrogens with zero attached hydrogens (tertiary/aromatic N) is 1. The molecule has 0 aliphatic rings. The molecule has 0 bridgehead atoms. The van der Waals surface area contributed by atoms with Gasteiger partial charge in [0.05, 0.1) is 13.7 Å². The molecule has 0 saturated carbocycles. The molecular weight excluding hydrogens is 256 g/mol. The second-order valence-electron chi connectivity index (χ2n) is 4.58. The van der Waals surface area contributed by atoms with E-state index in [9.17, 15) is 4.79 Å². The van der Waals surface area contributed by atoms with E-state index in [1.807, 2.05) is 19.2 Å². The molecule has 0 aromatic carbocycles. The molecule has 0 amide bonds. The molecule has 2 heterocycles. The summed E-state index contributed by atoms with van der Waals surface area (Å²) in [5.41, 5.74) is 2.81. The number of hydrogen-bond acceptors (Lipinski definition) is 5. The molecule has 0 saturated heterocycles. The van der Waals surface area contributed by atoms with Crippen molar-refractivity contribution in [1.29, 1.82) is 0 Å². The Kier molecular flexibility index (Phi) is 4.53. The second kappa shape index (κ2) is 6.34. The minimum atomic E-state index is -0.374. The molecule has 0 radical (unpaired) electrons. The van der Waals surface area contributed by atoms with Gasteiger partial charge in [0.1, 0.15) is 17.1 Å². The lowest BCUT2D eigenvalue weighted by Gasteiger charge is -2.05. The van der Waals surface area contributed by atoms with Gasteiger partial charge in [-0.3, -0.25) is 4.98 Å². The Morgan fingerprint density at radius 2 is 2.20 bits per heavy atom. The Morgan fingerprint density at radius 3 is 2.90 bits per heavy atom. The highest BCUT2D eigenvalue weighted by Crippen LogP contribution is 2.15. The summed E-state index contributed by atoms with van der Waals surface area (Å²) in [6.07, 6.45) is 3.62. The Morgan fingerprint density at radius 1 is 1.40 bits per heavy atom. The van der Waals surface area contributed by atoms with Crippen LogP contribution < -0.4 is 5.32 Å². The Balaban J connectivity index is 1.95. The molecule has 0 fully saturated rings. The number of carbonyl (C=O) groups is 1. The molecule has 0 atom stereocenters.